The SMILES string of the molecule is COc1nc(C(F)F)cc(CC#N)c1Cl. The number of nitriles is 1. The Bertz CT molecular complexity index is 404. The first-order valence-corrected chi connectivity index (χ1v) is 4.36. The summed E-state index contributed by atoms with van der Waals surface area (Å²) >= 11 is 5.78. The zero-order valence-electron chi connectivity index (χ0n) is 7.80. The molecule has 0 aromatic carbocycles. The van der Waals surface area contributed by atoms with E-state index in [2.05, 4.69) is 4.98 Å². The maximum absolute atomic E-state index is 12.4. The number of alkyl halides is 2. The summed E-state index contributed by atoms with van der Waals surface area (Å²) in [5.74, 6) is -0.0836. The van der Waals surface area contributed by atoms with E-state index >= 15 is 0 Å². The first-order chi connectivity index (χ1) is 7.10. The molecule has 0 atom stereocenters. The number of aromatic nitrogens is 1. The van der Waals surface area contributed by atoms with Gasteiger partial charge in [0.05, 0.1) is 19.6 Å². The van der Waals surface area contributed by atoms with Crippen molar-refractivity contribution in [2.45, 2.75) is 12.8 Å². The normalized spacial score (nSPS) is 10.1. The highest BCUT2D eigenvalue weighted by molar-refractivity contribution is 6.32. The molecular formula is C9H7ClF2N2O. The molecule has 1 aromatic heterocycles. The summed E-state index contributed by atoms with van der Waals surface area (Å²) in [5.41, 5.74) is -0.150. The molecule has 0 aliphatic carbocycles. The second kappa shape index (κ2) is 4.89. The number of ether oxygens (including phenoxy) is 1. The first-order valence-electron chi connectivity index (χ1n) is 3.98. The zero-order chi connectivity index (χ0) is 11.4. The summed E-state index contributed by atoms with van der Waals surface area (Å²) in [7, 11) is 1.28. The molecule has 0 bridgehead atoms. The summed E-state index contributed by atoms with van der Waals surface area (Å²) in [5, 5.41) is 8.58. The quantitative estimate of drug-likeness (QED) is 0.805. The third-order valence-corrected chi connectivity index (χ3v) is 2.11. The third kappa shape index (κ3) is 2.54. The Hall–Kier alpha value is -1.41. The molecule has 15 heavy (non-hydrogen) atoms. The van der Waals surface area contributed by atoms with Gasteiger partial charge in [0.25, 0.3) is 6.43 Å². The van der Waals surface area contributed by atoms with Crippen LogP contribution in [0.1, 0.15) is 17.7 Å². The summed E-state index contributed by atoms with van der Waals surface area (Å²) in [6.45, 7) is 0. The Balaban J connectivity index is 3.26. The highest BCUT2D eigenvalue weighted by Crippen LogP contribution is 2.30. The third-order valence-electron chi connectivity index (χ3n) is 1.71. The van der Waals surface area contributed by atoms with Crippen molar-refractivity contribution in [3.05, 3.63) is 22.3 Å². The van der Waals surface area contributed by atoms with Crippen molar-refractivity contribution in [3.8, 4) is 11.9 Å². The highest BCUT2D eigenvalue weighted by Gasteiger charge is 2.16. The van der Waals surface area contributed by atoms with Crippen LogP contribution in [0.15, 0.2) is 6.07 Å². The number of pyridine rings is 1. The lowest BCUT2D eigenvalue weighted by atomic mass is 10.2. The van der Waals surface area contributed by atoms with E-state index in [1.165, 1.54) is 7.11 Å². The first kappa shape index (κ1) is 11.7. The van der Waals surface area contributed by atoms with Crippen molar-refractivity contribution in [3.63, 3.8) is 0 Å². The van der Waals surface area contributed by atoms with E-state index in [0.29, 0.717) is 5.56 Å². The van der Waals surface area contributed by atoms with E-state index in [1.807, 2.05) is 6.07 Å². The Morgan fingerprint density at radius 2 is 2.33 bits per heavy atom. The van der Waals surface area contributed by atoms with E-state index in [0.717, 1.165) is 6.07 Å². The van der Waals surface area contributed by atoms with Crippen LogP contribution in [0.25, 0.3) is 0 Å². The minimum Gasteiger partial charge on any atom is -0.480 e. The Morgan fingerprint density at radius 3 is 2.80 bits per heavy atom. The molecule has 0 spiro atoms. The van der Waals surface area contributed by atoms with Crippen LogP contribution >= 0.6 is 11.6 Å². The molecule has 1 rings (SSSR count). The Morgan fingerprint density at radius 1 is 1.67 bits per heavy atom. The highest BCUT2D eigenvalue weighted by atomic mass is 35.5. The fourth-order valence-corrected chi connectivity index (χ4v) is 1.28. The molecule has 0 radical (unpaired) electrons. The number of hydrogen-bond acceptors (Lipinski definition) is 3. The molecule has 0 unspecified atom stereocenters. The number of methoxy groups -OCH3 is 1. The van der Waals surface area contributed by atoms with Gasteiger partial charge in [-0.2, -0.15) is 5.26 Å². The van der Waals surface area contributed by atoms with E-state index in [1.54, 1.807) is 0 Å². The molecule has 0 aliphatic heterocycles. The largest absolute Gasteiger partial charge is 0.480 e. The van der Waals surface area contributed by atoms with Crippen molar-refractivity contribution in [1.29, 1.82) is 5.26 Å². The summed E-state index contributed by atoms with van der Waals surface area (Å²) in [4.78, 5) is 3.52. The van der Waals surface area contributed by atoms with Gasteiger partial charge in [0.15, 0.2) is 0 Å². The summed E-state index contributed by atoms with van der Waals surface area (Å²) in [6.07, 6.45) is -2.77. The zero-order valence-corrected chi connectivity index (χ0v) is 8.55. The van der Waals surface area contributed by atoms with Crippen LogP contribution in [0.4, 0.5) is 8.78 Å². The molecule has 0 saturated heterocycles. The molecule has 3 nitrogen and oxygen atoms in total. The van der Waals surface area contributed by atoms with E-state index in [9.17, 15) is 8.78 Å². The summed E-state index contributed by atoms with van der Waals surface area (Å²) in [6, 6.07) is 2.94. The van der Waals surface area contributed by atoms with Crippen molar-refractivity contribution in [2.24, 2.45) is 0 Å². The second-order valence-electron chi connectivity index (χ2n) is 2.67. The lowest BCUT2D eigenvalue weighted by Crippen LogP contribution is -1.99. The van der Waals surface area contributed by atoms with Crippen LogP contribution in [-0.2, 0) is 6.42 Å². The number of halogens is 3. The molecular weight excluding hydrogens is 226 g/mol. The number of hydrogen-bond donors (Lipinski definition) is 0. The molecule has 0 fully saturated rings. The maximum atomic E-state index is 12.4. The molecule has 1 heterocycles. The second-order valence-corrected chi connectivity index (χ2v) is 3.04. The van der Waals surface area contributed by atoms with Gasteiger partial charge >= 0.3 is 0 Å². The Labute approximate surface area is 90.3 Å². The molecule has 80 valence electrons. The van der Waals surface area contributed by atoms with Gasteiger partial charge in [0, 0.05) is 0 Å². The Kier molecular flexibility index (Phi) is 3.81. The van der Waals surface area contributed by atoms with Gasteiger partial charge in [-0.3, -0.25) is 0 Å². The average Bonchev–Trinajstić information content (AvgIpc) is 2.21. The van der Waals surface area contributed by atoms with Crippen LogP contribution < -0.4 is 4.74 Å². The van der Waals surface area contributed by atoms with E-state index < -0.39 is 12.1 Å². The lowest BCUT2D eigenvalue weighted by Gasteiger charge is -2.08. The summed E-state index contributed by atoms with van der Waals surface area (Å²) < 4.78 is 29.5. The van der Waals surface area contributed by atoms with Crippen LogP contribution in [0.5, 0.6) is 5.88 Å². The van der Waals surface area contributed by atoms with Gasteiger partial charge in [-0.05, 0) is 11.6 Å². The fraction of sp³-hybridized carbons (Fsp3) is 0.333. The van der Waals surface area contributed by atoms with E-state index in [4.69, 9.17) is 21.6 Å². The predicted octanol–water partition coefficient (Wildman–Crippen LogP) is 2.75. The monoisotopic (exact) mass is 232 g/mol. The lowest BCUT2D eigenvalue weighted by molar-refractivity contribution is 0.145. The maximum Gasteiger partial charge on any atom is 0.280 e. The van der Waals surface area contributed by atoms with Gasteiger partial charge in [-0.15, -0.1) is 0 Å². The van der Waals surface area contributed by atoms with Crippen molar-refractivity contribution >= 4 is 11.6 Å². The molecule has 0 aliphatic rings. The molecule has 0 saturated carbocycles. The molecule has 0 N–H and O–H groups in total. The van der Waals surface area contributed by atoms with Crippen molar-refractivity contribution < 1.29 is 13.5 Å². The van der Waals surface area contributed by atoms with Gasteiger partial charge < -0.3 is 4.74 Å². The van der Waals surface area contributed by atoms with Crippen LogP contribution in [0.2, 0.25) is 5.02 Å². The van der Waals surface area contributed by atoms with Gasteiger partial charge in [-0.1, -0.05) is 11.6 Å². The molecule has 1 aromatic rings. The minimum atomic E-state index is -2.71. The van der Waals surface area contributed by atoms with Crippen LogP contribution in [-0.4, -0.2) is 12.1 Å². The topological polar surface area (TPSA) is 45.9 Å². The van der Waals surface area contributed by atoms with Crippen LogP contribution in [0.3, 0.4) is 0 Å². The van der Waals surface area contributed by atoms with Gasteiger partial charge in [0.1, 0.15) is 10.7 Å². The molecule has 0 amide bonds. The van der Waals surface area contributed by atoms with Crippen LogP contribution in [0, 0.1) is 11.3 Å². The number of nitrogens with zero attached hydrogens (tertiary/aromatic N) is 2. The number of rotatable bonds is 3. The minimum absolute atomic E-state index is 0.0581. The fourth-order valence-electron chi connectivity index (χ4n) is 1.04. The average molecular weight is 233 g/mol. The smallest absolute Gasteiger partial charge is 0.280 e. The van der Waals surface area contributed by atoms with E-state index in [-0.39, 0.29) is 17.3 Å². The standard InChI is InChI=1S/C9H7ClF2N2O/c1-15-9-7(10)5(2-3-13)4-6(14-9)8(11)12/h4,8H,2H2,1H3. The van der Waals surface area contributed by atoms with Gasteiger partial charge in [-0.25, -0.2) is 13.8 Å². The van der Waals surface area contributed by atoms with Crippen molar-refractivity contribution in [1.82, 2.24) is 4.98 Å². The predicted molar refractivity (Wildman–Crippen MR) is 50.1 cm³/mol. The van der Waals surface area contributed by atoms with Crippen molar-refractivity contribution in [2.75, 3.05) is 7.11 Å². The molecule has 6 heteroatoms. The van der Waals surface area contributed by atoms with Gasteiger partial charge in [0.2, 0.25) is 5.88 Å².